The summed E-state index contributed by atoms with van der Waals surface area (Å²) in [6.45, 7) is 7.64. The fourth-order valence-corrected chi connectivity index (χ4v) is 3.42. The second-order valence-electron chi connectivity index (χ2n) is 7.13. The molecule has 1 fully saturated rings. The molecule has 29 heavy (non-hydrogen) atoms. The van der Waals surface area contributed by atoms with Crippen LogP contribution in [0.25, 0.3) is 17.4 Å². The summed E-state index contributed by atoms with van der Waals surface area (Å²) >= 11 is 0. The number of amides is 1. The first-order valence-corrected chi connectivity index (χ1v) is 10.2. The van der Waals surface area contributed by atoms with Gasteiger partial charge in [-0.25, -0.2) is 14.6 Å². The number of carbonyl (C=O) groups is 1. The van der Waals surface area contributed by atoms with Crippen LogP contribution in [0.1, 0.15) is 48.7 Å². The van der Waals surface area contributed by atoms with E-state index in [-0.39, 0.29) is 5.91 Å². The van der Waals surface area contributed by atoms with Gasteiger partial charge in [-0.15, -0.1) is 0 Å². The van der Waals surface area contributed by atoms with E-state index >= 15 is 0 Å². The van der Waals surface area contributed by atoms with Crippen LogP contribution in [0.2, 0.25) is 0 Å². The molecule has 0 unspecified atom stereocenters. The van der Waals surface area contributed by atoms with Crippen molar-refractivity contribution in [2.75, 3.05) is 26.2 Å². The third kappa shape index (κ3) is 4.22. The fraction of sp³-hybridized carbons (Fsp3) is 0.429. The molecule has 4 rings (SSSR count). The number of nitrogens with one attached hydrogen (secondary N) is 1. The van der Waals surface area contributed by atoms with Gasteiger partial charge in [-0.1, -0.05) is 13.8 Å². The van der Waals surface area contributed by atoms with Crippen molar-refractivity contribution in [1.29, 1.82) is 0 Å². The zero-order valence-electron chi connectivity index (χ0n) is 16.8. The average molecular weight is 394 g/mol. The monoisotopic (exact) mass is 394 g/mol. The predicted octanol–water partition coefficient (Wildman–Crippen LogP) is 2.87. The molecule has 0 radical (unpaired) electrons. The van der Waals surface area contributed by atoms with Gasteiger partial charge in [-0.3, -0.25) is 4.79 Å². The molecule has 1 aliphatic carbocycles. The molecule has 1 saturated carbocycles. The minimum absolute atomic E-state index is 0.0903. The van der Waals surface area contributed by atoms with Crippen molar-refractivity contribution < 1.29 is 9.21 Å². The molecule has 0 atom stereocenters. The summed E-state index contributed by atoms with van der Waals surface area (Å²) in [5.74, 6) is 1.34. The number of likely N-dealkylation sites (N-methyl/N-ethyl adjacent to an activating group) is 1. The van der Waals surface area contributed by atoms with E-state index in [2.05, 4.69) is 39.1 Å². The van der Waals surface area contributed by atoms with Crippen molar-refractivity contribution in [2.24, 2.45) is 0 Å². The van der Waals surface area contributed by atoms with Gasteiger partial charge in [0.1, 0.15) is 5.69 Å². The summed E-state index contributed by atoms with van der Waals surface area (Å²) < 4.78 is 7.14. The Morgan fingerprint density at radius 3 is 2.83 bits per heavy atom. The van der Waals surface area contributed by atoms with Crippen LogP contribution in [0.15, 0.2) is 41.3 Å². The summed E-state index contributed by atoms with van der Waals surface area (Å²) in [6, 6.07) is 5.47. The van der Waals surface area contributed by atoms with E-state index in [4.69, 9.17) is 4.42 Å². The van der Waals surface area contributed by atoms with Crippen molar-refractivity contribution in [3.8, 4) is 17.4 Å². The van der Waals surface area contributed by atoms with Crippen molar-refractivity contribution in [2.45, 2.75) is 32.6 Å². The minimum Gasteiger partial charge on any atom is -0.463 e. The SMILES string of the molecule is CCN(CC)CCNC(=O)c1cnn(-c2nccc(-c3ccco3)n2)c1C1CC1. The molecule has 1 N–H and O–H groups in total. The summed E-state index contributed by atoms with van der Waals surface area (Å²) in [7, 11) is 0. The van der Waals surface area contributed by atoms with Gasteiger partial charge in [-0.2, -0.15) is 5.10 Å². The zero-order chi connectivity index (χ0) is 20.2. The van der Waals surface area contributed by atoms with Crippen LogP contribution < -0.4 is 5.32 Å². The first-order valence-electron chi connectivity index (χ1n) is 10.2. The highest BCUT2D eigenvalue weighted by atomic mass is 16.3. The van der Waals surface area contributed by atoms with Crippen molar-refractivity contribution in [1.82, 2.24) is 30.0 Å². The summed E-state index contributed by atoms with van der Waals surface area (Å²) in [5.41, 5.74) is 2.18. The van der Waals surface area contributed by atoms with Gasteiger partial charge in [0.05, 0.1) is 23.7 Å². The van der Waals surface area contributed by atoms with Crippen molar-refractivity contribution >= 4 is 5.91 Å². The van der Waals surface area contributed by atoms with E-state index < -0.39 is 0 Å². The van der Waals surface area contributed by atoms with Gasteiger partial charge in [0.2, 0.25) is 0 Å². The van der Waals surface area contributed by atoms with Crippen LogP contribution in [0.5, 0.6) is 0 Å². The normalized spacial score (nSPS) is 13.8. The van der Waals surface area contributed by atoms with Crippen LogP contribution in [0.4, 0.5) is 0 Å². The first-order chi connectivity index (χ1) is 14.2. The van der Waals surface area contributed by atoms with E-state index in [0.29, 0.717) is 35.4 Å². The smallest absolute Gasteiger partial charge is 0.254 e. The number of hydrogen-bond acceptors (Lipinski definition) is 6. The number of carbonyl (C=O) groups excluding carboxylic acids is 1. The maximum atomic E-state index is 12.8. The molecule has 3 aromatic rings. The van der Waals surface area contributed by atoms with Crippen molar-refractivity contribution in [3.63, 3.8) is 0 Å². The molecule has 8 nitrogen and oxygen atoms in total. The molecule has 0 saturated heterocycles. The summed E-state index contributed by atoms with van der Waals surface area (Å²) in [6.07, 6.45) is 7.01. The van der Waals surface area contributed by atoms with Crippen molar-refractivity contribution in [3.05, 3.63) is 48.1 Å². The second kappa shape index (κ2) is 8.57. The zero-order valence-corrected chi connectivity index (χ0v) is 16.8. The highest BCUT2D eigenvalue weighted by molar-refractivity contribution is 5.95. The maximum absolute atomic E-state index is 12.8. The highest BCUT2D eigenvalue weighted by Gasteiger charge is 2.33. The van der Waals surface area contributed by atoms with E-state index in [9.17, 15) is 4.79 Å². The fourth-order valence-electron chi connectivity index (χ4n) is 3.42. The molecular weight excluding hydrogens is 368 g/mol. The van der Waals surface area contributed by atoms with Gasteiger partial charge in [0, 0.05) is 25.2 Å². The molecular formula is C21H26N6O2. The van der Waals surface area contributed by atoms with Gasteiger partial charge in [-0.05, 0) is 44.1 Å². The molecule has 0 spiro atoms. The van der Waals surface area contributed by atoms with E-state index in [0.717, 1.165) is 38.2 Å². The van der Waals surface area contributed by atoms with Gasteiger partial charge >= 0.3 is 0 Å². The van der Waals surface area contributed by atoms with Gasteiger partial charge in [0.25, 0.3) is 11.9 Å². The lowest BCUT2D eigenvalue weighted by Gasteiger charge is -2.18. The van der Waals surface area contributed by atoms with E-state index in [1.54, 1.807) is 29.4 Å². The Morgan fingerprint density at radius 1 is 1.31 bits per heavy atom. The lowest BCUT2D eigenvalue weighted by Crippen LogP contribution is -2.35. The summed E-state index contributed by atoms with van der Waals surface area (Å²) in [5, 5.41) is 7.49. The number of hydrogen-bond donors (Lipinski definition) is 1. The standard InChI is InChI=1S/C21H26N6O2/c1-3-26(4-2)12-11-22-20(28)16-14-24-27(19(16)15-7-8-15)21-23-10-9-17(25-21)18-6-5-13-29-18/h5-6,9-10,13-15H,3-4,7-8,11-12H2,1-2H3,(H,22,28). The minimum atomic E-state index is -0.0903. The average Bonchev–Trinajstić information content (AvgIpc) is 3.26. The molecule has 152 valence electrons. The quantitative estimate of drug-likeness (QED) is 0.600. The Balaban J connectivity index is 1.56. The molecule has 3 aromatic heterocycles. The third-order valence-electron chi connectivity index (χ3n) is 5.23. The molecule has 3 heterocycles. The Hall–Kier alpha value is -3.00. The molecule has 0 bridgehead atoms. The largest absolute Gasteiger partial charge is 0.463 e. The number of furan rings is 1. The number of aromatic nitrogens is 4. The maximum Gasteiger partial charge on any atom is 0.254 e. The van der Waals surface area contributed by atoms with Crippen LogP contribution in [-0.2, 0) is 0 Å². The Kier molecular flexibility index (Phi) is 5.71. The number of rotatable bonds is 9. The Bertz CT molecular complexity index is 957. The topological polar surface area (TPSA) is 89.1 Å². The van der Waals surface area contributed by atoms with Crippen LogP contribution >= 0.6 is 0 Å². The molecule has 8 heteroatoms. The van der Waals surface area contributed by atoms with E-state index in [1.807, 2.05) is 12.1 Å². The Morgan fingerprint density at radius 2 is 2.14 bits per heavy atom. The van der Waals surface area contributed by atoms with Crippen LogP contribution in [0.3, 0.4) is 0 Å². The predicted molar refractivity (Wildman–Crippen MR) is 109 cm³/mol. The molecule has 1 aliphatic rings. The lowest BCUT2D eigenvalue weighted by molar-refractivity contribution is 0.0948. The Labute approximate surface area is 170 Å². The first kappa shape index (κ1) is 19.3. The highest BCUT2D eigenvalue weighted by Crippen LogP contribution is 2.42. The van der Waals surface area contributed by atoms with Gasteiger partial charge < -0.3 is 14.6 Å². The molecule has 0 aliphatic heterocycles. The van der Waals surface area contributed by atoms with E-state index in [1.165, 1.54) is 0 Å². The second-order valence-corrected chi connectivity index (χ2v) is 7.13. The molecule has 1 amide bonds. The van der Waals surface area contributed by atoms with Crippen LogP contribution in [-0.4, -0.2) is 56.7 Å². The third-order valence-corrected chi connectivity index (χ3v) is 5.23. The summed E-state index contributed by atoms with van der Waals surface area (Å²) in [4.78, 5) is 24.1. The van der Waals surface area contributed by atoms with Crippen LogP contribution in [0, 0.1) is 0 Å². The number of nitrogens with zero attached hydrogens (tertiary/aromatic N) is 5. The van der Waals surface area contributed by atoms with Gasteiger partial charge in [0.15, 0.2) is 5.76 Å². The molecule has 0 aromatic carbocycles. The lowest BCUT2D eigenvalue weighted by atomic mass is 10.1.